The first-order chi connectivity index (χ1) is 8.98. The van der Waals surface area contributed by atoms with E-state index in [-0.39, 0.29) is 6.10 Å². The standard InChI is InChI=1S/C17H33NO/c1-17(2)11-9-15(10-12-17)18(3)13-14-7-5-4-6-8-16(14)19/h14-16,19H,4-13H2,1-3H3. The predicted octanol–water partition coefficient (Wildman–Crippen LogP) is 3.83. The lowest BCUT2D eigenvalue weighted by molar-refractivity contribution is 0.0538. The Bertz CT molecular complexity index is 266. The lowest BCUT2D eigenvalue weighted by atomic mass is 9.75. The van der Waals surface area contributed by atoms with E-state index < -0.39 is 0 Å². The van der Waals surface area contributed by atoms with Gasteiger partial charge < -0.3 is 10.0 Å². The second kappa shape index (κ2) is 6.58. The highest BCUT2D eigenvalue weighted by molar-refractivity contribution is 4.84. The van der Waals surface area contributed by atoms with Crippen molar-refractivity contribution < 1.29 is 5.11 Å². The van der Waals surface area contributed by atoms with E-state index in [9.17, 15) is 5.11 Å². The number of aliphatic hydroxyl groups is 1. The zero-order chi connectivity index (χ0) is 13.9. The van der Waals surface area contributed by atoms with Gasteiger partial charge in [-0.3, -0.25) is 0 Å². The van der Waals surface area contributed by atoms with E-state index in [0.29, 0.717) is 11.3 Å². The van der Waals surface area contributed by atoms with Crippen molar-refractivity contribution >= 4 is 0 Å². The van der Waals surface area contributed by atoms with Gasteiger partial charge in [0.2, 0.25) is 0 Å². The summed E-state index contributed by atoms with van der Waals surface area (Å²) in [6.07, 6.45) is 11.4. The van der Waals surface area contributed by atoms with Crippen molar-refractivity contribution in [2.45, 2.75) is 83.8 Å². The molecule has 0 aliphatic heterocycles. The van der Waals surface area contributed by atoms with Gasteiger partial charge in [-0.15, -0.1) is 0 Å². The molecule has 2 aliphatic rings. The maximum Gasteiger partial charge on any atom is 0.0580 e. The molecule has 2 unspecified atom stereocenters. The average Bonchev–Trinajstić information content (AvgIpc) is 2.55. The minimum atomic E-state index is -0.0509. The highest BCUT2D eigenvalue weighted by atomic mass is 16.3. The van der Waals surface area contributed by atoms with Crippen LogP contribution in [-0.2, 0) is 0 Å². The molecule has 0 aromatic heterocycles. The molecular formula is C17H33NO. The van der Waals surface area contributed by atoms with E-state index in [1.807, 2.05) is 0 Å². The molecule has 0 aromatic carbocycles. The minimum absolute atomic E-state index is 0.0509. The van der Waals surface area contributed by atoms with Crippen LogP contribution in [-0.4, -0.2) is 35.7 Å². The van der Waals surface area contributed by atoms with Crippen LogP contribution in [0.15, 0.2) is 0 Å². The maximum atomic E-state index is 10.3. The molecule has 2 heteroatoms. The van der Waals surface area contributed by atoms with Gasteiger partial charge in [0, 0.05) is 12.6 Å². The van der Waals surface area contributed by atoms with Crippen molar-refractivity contribution in [1.29, 1.82) is 0 Å². The van der Waals surface area contributed by atoms with Crippen LogP contribution < -0.4 is 0 Å². The first kappa shape index (κ1) is 15.3. The molecule has 19 heavy (non-hydrogen) atoms. The lowest BCUT2D eigenvalue weighted by Gasteiger charge is -2.40. The van der Waals surface area contributed by atoms with Crippen molar-refractivity contribution in [2.24, 2.45) is 11.3 Å². The van der Waals surface area contributed by atoms with Crippen LogP contribution in [0.4, 0.5) is 0 Å². The van der Waals surface area contributed by atoms with Gasteiger partial charge in [0.15, 0.2) is 0 Å². The Balaban J connectivity index is 1.81. The Hall–Kier alpha value is -0.0800. The maximum absolute atomic E-state index is 10.3. The Morgan fingerprint density at radius 1 is 1.00 bits per heavy atom. The van der Waals surface area contributed by atoms with Crippen LogP contribution in [0, 0.1) is 11.3 Å². The van der Waals surface area contributed by atoms with Crippen LogP contribution in [0.3, 0.4) is 0 Å². The van der Waals surface area contributed by atoms with Crippen molar-refractivity contribution in [3.63, 3.8) is 0 Å². The third kappa shape index (κ3) is 4.46. The highest BCUT2D eigenvalue weighted by Gasteiger charge is 2.31. The van der Waals surface area contributed by atoms with Gasteiger partial charge >= 0.3 is 0 Å². The van der Waals surface area contributed by atoms with Gasteiger partial charge in [-0.25, -0.2) is 0 Å². The number of nitrogens with zero attached hydrogens (tertiary/aromatic N) is 1. The van der Waals surface area contributed by atoms with Crippen molar-refractivity contribution in [3.8, 4) is 0 Å². The summed E-state index contributed by atoms with van der Waals surface area (Å²) >= 11 is 0. The number of hydrogen-bond acceptors (Lipinski definition) is 2. The smallest absolute Gasteiger partial charge is 0.0580 e. The summed E-state index contributed by atoms with van der Waals surface area (Å²) < 4.78 is 0. The monoisotopic (exact) mass is 267 g/mol. The minimum Gasteiger partial charge on any atom is -0.393 e. The molecule has 2 saturated carbocycles. The lowest BCUT2D eigenvalue weighted by Crippen LogP contribution is -2.41. The Labute approximate surface area is 119 Å². The summed E-state index contributed by atoms with van der Waals surface area (Å²) in [5.74, 6) is 0.516. The van der Waals surface area contributed by atoms with Crippen LogP contribution in [0.1, 0.15) is 71.6 Å². The molecule has 112 valence electrons. The molecule has 2 aliphatic carbocycles. The zero-order valence-electron chi connectivity index (χ0n) is 13.2. The third-order valence-corrected chi connectivity index (χ3v) is 5.57. The molecule has 0 heterocycles. The second-order valence-electron chi connectivity index (χ2n) is 7.80. The van der Waals surface area contributed by atoms with Gasteiger partial charge in [-0.2, -0.15) is 0 Å². The summed E-state index contributed by atoms with van der Waals surface area (Å²) in [6, 6.07) is 0.753. The van der Waals surface area contributed by atoms with Gasteiger partial charge in [-0.05, 0) is 56.9 Å². The first-order valence-corrected chi connectivity index (χ1v) is 8.36. The van der Waals surface area contributed by atoms with Gasteiger partial charge in [0.25, 0.3) is 0 Å². The van der Waals surface area contributed by atoms with E-state index in [1.165, 1.54) is 51.4 Å². The van der Waals surface area contributed by atoms with Gasteiger partial charge in [0.1, 0.15) is 0 Å². The van der Waals surface area contributed by atoms with Gasteiger partial charge in [-0.1, -0.05) is 33.1 Å². The van der Waals surface area contributed by atoms with Crippen LogP contribution >= 0.6 is 0 Å². The van der Waals surface area contributed by atoms with E-state index in [4.69, 9.17) is 0 Å². The fraction of sp³-hybridized carbons (Fsp3) is 1.00. The second-order valence-corrected chi connectivity index (χ2v) is 7.80. The molecule has 2 rings (SSSR count). The molecule has 0 saturated heterocycles. The van der Waals surface area contributed by atoms with Crippen LogP contribution in [0.2, 0.25) is 0 Å². The molecule has 0 aromatic rings. The Morgan fingerprint density at radius 2 is 1.63 bits per heavy atom. The fourth-order valence-electron chi connectivity index (χ4n) is 3.92. The first-order valence-electron chi connectivity index (χ1n) is 8.36. The average molecular weight is 267 g/mol. The summed E-state index contributed by atoms with van der Waals surface area (Å²) in [6.45, 7) is 5.91. The summed E-state index contributed by atoms with van der Waals surface area (Å²) in [5, 5.41) is 10.3. The van der Waals surface area contributed by atoms with E-state index in [0.717, 1.165) is 19.0 Å². The summed E-state index contributed by atoms with van der Waals surface area (Å²) in [5.41, 5.74) is 0.555. The molecule has 0 radical (unpaired) electrons. The zero-order valence-corrected chi connectivity index (χ0v) is 13.2. The Morgan fingerprint density at radius 3 is 2.32 bits per heavy atom. The molecule has 2 atom stereocenters. The number of aliphatic hydroxyl groups excluding tert-OH is 1. The molecule has 2 nitrogen and oxygen atoms in total. The fourth-order valence-corrected chi connectivity index (χ4v) is 3.92. The number of rotatable bonds is 3. The number of hydrogen-bond donors (Lipinski definition) is 1. The van der Waals surface area contributed by atoms with Crippen molar-refractivity contribution in [1.82, 2.24) is 4.90 Å². The predicted molar refractivity (Wildman–Crippen MR) is 81.2 cm³/mol. The van der Waals surface area contributed by atoms with E-state index >= 15 is 0 Å². The van der Waals surface area contributed by atoms with Gasteiger partial charge in [0.05, 0.1) is 6.10 Å². The molecule has 0 amide bonds. The topological polar surface area (TPSA) is 23.5 Å². The third-order valence-electron chi connectivity index (χ3n) is 5.57. The summed E-state index contributed by atoms with van der Waals surface area (Å²) in [4.78, 5) is 2.55. The summed E-state index contributed by atoms with van der Waals surface area (Å²) in [7, 11) is 2.28. The molecule has 0 spiro atoms. The van der Waals surface area contributed by atoms with E-state index in [2.05, 4.69) is 25.8 Å². The molecule has 0 bridgehead atoms. The molecule has 1 N–H and O–H groups in total. The normalized spacial score (nSPS) is 33.3. The Kier molecular flexibility index (Phi) is 5.30. The van der Waals surface area contributed by atoms with Crippen molar-refractivity contribution in [2.75, 3.05) is 13.6 Å². The van der Waals surface area contributed by atoms with Crippen molar-refractivity contribution in [3.05, 3.63) is 0 Å². The SMILES string of the molecule is CN(CC1CCCCCC1O)C1CCC(C)(C)CC1. The van der Waals surface area contributed by atoms with E-state index in [1.54, 1.807) is 0 Å². The quantitative estimate of drug-likeness (QED) is 0.786. The largest absolute Gasteiger partial charge is 0.393 e. The van der Waals surface area contributed by atoms with Crippen LogP contribution in [0.25, 0.3) is 0 Å². The molecule has 2 fully saturated rings. The molecular weight excluding hydrogens is 234 g/mol. The highest BCUT2D eigenvalue weighted by Crippen LogP contribution is 2.37. The van der Waals surface area contributed by atoms with Crippen LogP contribution in [0.5, 0.6) is 0 Å².